The minimum Gasteiger partial charge on any atom is -0.313 e. The van der Waals surface area contributed by atoms with Crippen LogP contribution in [0.3, 0.4) is 0 Å². The van der Waals surface area contributed by atoms with Crippen LogP contribution in [0.25, 0.3) is 0 Å². The maximum Gasteiger partial charge on any atom is 0.0694 e. The van der Waals surface area contributed by atoms with E-state index < -0.39 is 11.3 Å². The first-order chi connectivity index (χ1) is 10.4. The van der Waals surface area contributed by atoms with Crippen molar-refractivity contribution in [1.29, 1.82) is 0 Å². The van der Waals surface area contributed by atoms with E-state index in [1.54, 1.807) is 0 Å². The van der Waals surface area contributed by atoms with Crippen molar-refractivity contribution < 1.29 is 0 Å². The summed E-state index contributed by atoms with van der Waals surface area (Å²) in [6, 6.07) is 0. The highest BCUT2D eigenvalue weighted by atomic mass is 15.0. The predicted molar refractivity (Wildman–Crippen MR) is 100 cm³/mol. The van der Waals surface area contributed by atoms with E-state index in [9.17, 15) is 0 Å². The van der Waals surface area contributed by atoms with Crippen LogP contribution >= 0.6 is 0 Å². The van der Waals surface area contributed by atoms with Crippen molar-refractivity contribution in [2.75, 3.05) is 0 Å². The van der Waals surface area contributed by atoms with Gasteiger partial charge in [-0.3, -0.25) is 0 Å². The maximum absolute atomic E-state index is 6.14. The third kappa shape index (κ3) is 4.47. The summed E-state index contributed by atoms with van der Waals surface area (Å²) >= 11 is 0. The third-order valence-corrected chi connectivity index (χ3v) is 6.81. The SMILES string of the molecule is CC1CCC(N)(N)C(C)(C)C1.CCC1(CC)C[CH]CCC1(N)N. The Morgan fingerprint density at radius 3 is 1.87 bits per heavy atom. The van der Waals surface area contributed by atoms with Crippen molar-refractivity contribution in [3.05, 3.63) is 6.42 Å². The molecule has 137 valence electrons. The van der Waals surface area contributed by atoms with Crippen LogP contribution in [0.5, 0.6) is 0 Å². The van der Waals surface area contributed by atoms with Crippen molar-refractivity contribution in [3.63, 3.8) is 0 Å². The smallest absolute Gasteiger partial charge is 0.0694 e. The van der Waals surface area contributed by atoms with Gasteiger partial charge in [-0.1, -0.05) is 34.6 Å². The molecule has 0 aliphatic heterocycles. The standard InChI is InChI=1S/C10H21N2.C9H20N2/c1-3-9(4-2)7-5-6-8-10(9,11)12;1-7-4-5-9(10,11)8(2,3)6-7/h5H,3-4,6-8,11-12H2,1-2H3;7H,4-6,10-11H2,1-3H3. The zero-order chi connectivity index (χ0) is 17.9. The molecule has 0 aromatic carbocycles. The average Bonchev–Trinajstić information content (AvgIpc) is 2.44. The zero-order valence-corrected chi connectivity index (χ0v) is 16.1. The molecule has 8 N–H and O–H groups in total. The largest absolute Gasteiger partial charge is 0.313 e. The highest BCUT2D eigenvalue weighted by Gasteiger charge is 2.45. The second kappa shape index (κ2) is 7.38. The van der Waals surface area contributed by atoms with Crippen molar-refractivity contribution in [2.24, 2.45) is 39.7 Å². The highest BCUT2D eigenvalue weighted by molar-refractivity contribution is 5.04. The van der Waals surface area contributed by atoms with Crippen LogP contribution in [0.1, 0.15) is 86.0 Å². The highest BCUT2D eigenvalue weighted by Crippen LogP contribution is 2.44. The summed E-state index contributed by atoms with van der Waals surface area (Å²) in [6.45, 7) is 11.0. The lowest BCUT2D eigenvalue weighted by atomic mass is 9.63. The van der Waals surface area contributed by atoms with Crippen LogP contribution in [-0.2, 0) is 0 Å². The van der Waals surface area contributed by atoms with Gasteiger partial charge in [-0.05, 0) is 69.1 Å². The molecule has 4 heteroatoms. The van der Waals surface area contributed by atoms with Gasteiger partial charge in [-0.2, -0.15) is 0 Å². The lowest BCUT2D eigenvalue weighted by molar-refractivity contribution is 0.0737. The van der Waals surface area contributed by atoms with Crippen LogP contribution in [0, 0.1) is 23.2 Å². The molecular formula is C19H41N4. The average molecular weight is 326 g/mol. The van der Waals surface area contributed by atoms with Crippen molar-refractivity contribution >= 4 is 0 Å². The number of hydrogen-bond acceptors (Lipinski definition) is 4. The second-order valence-electron chi connectivity index (χ2n) is 8.83. The molecule has 0 bridgehead atoms. The summed E-state index contributed by atoms with van der Waals surface area (Å²) < 4.78 is 0. The van der Waals surface area contributed by atoms with E-state index in [2.05, 4.69) is 41.0 Å². The van der Waals surface area contributed by atoms with Gasteiger partial charge in [-0.15, -0.1) is 0 Å². The first kappa shape index (κ1) is 20.9. The van der Waals surface area contributed by atoms with E-state index >= 15 is 0 Å². The fourth-order valence-corrected chi connectivity index (χ4v) is 4.36. The quantitative estimate of drug-likeness (QED) is 0.585. The molecule has 2 rings (SSSR count). The topological polar surface area (TPSA) is 104 Å². The molecule has 0 saturated heterocycles. The Balaban J connectivity index is 0.000000231. The van der Waals surface area contributed by atoms with E-state index in [1.165, 1.54) is 6.42 Å². The molecule has 1 radical (unpaired) electrons. The van der Waals surface area contributed by atoms with Gasteiger partial charge < -0.3 is 22.9 Å². The normalized spacial score (nSPS) is 30.9. The van der Waals surface area contributed by atoms with Gasteiger partial charge in [0.1, 0.15) is 0 Å². The van der Waals surface area contributed by atoms with Crippen LogP contribution in [0.2, 0.25) is 0 Å². The van der Waals surface area contributed by atoms with Gasteiger partial charge in [0.05, 0.1) is 11.3 Å². The first-order valence-corrected chi connectivity index (χ1v) is 9.40. The van der Waals surface area contributed by atoms with E-state index in [-0.39, 0.29) is 10.8 Å². The van der Waals surface area contributed by atoms with Crippen molar-refractivity contribution in [1.82, 2.24) is 0 Å². The van der Waals surface area contributed by atoms with Gasteiger partial charge >= 0.3 is 0 Å². The Bertz CT molecular complexity index is 370. The van der Waals surface area contributed by atoms with Crippen LogP contribution in [-0.4, -0.2) is 11.3 Å². The summed E-state index contributed by atoms with van der Waals surface area (Å²) in [5.41, 5.74) is 23.6. The molecule has 1 atom stereocenters. The number of nitrogens with two attached hydrogens (primary N) is 4. The summed E-state index contributed by atoms with van der Waals surface area (Å²) in [5, 5.41) is 0. The molecule has 0 amide bonds. The second-order valence-corrected chi connectivity index (χ2v) is 8.83. The van der Waals surface area contributed by atoms with E-state index in [0.29, 0.717) is 0 Å². The molecule has 2 saturated carbocycles. The van der Waals surface area contributed by atoms with E-state index in [1.807, 2.05) is 0 Å². The summed E-state index contributed by atoms with van der Waals surface area (Å²) in [6.07, 6.45) is 10.9. The fraction of sp³-hybridized carbons (Fsp3) is 0.947. The summed E-state index contributed by atoms with van der Waals surface area (Å²) in [4.78, 5) is 0. The van der Waals surface area contributed by atoms with Crippen LogP contribution in [0.15, 0.2) is 0 Å². The van der Waals surface area contributed by atoms with Crippen LogP contribution < -0.4 is 22.9 Å². The minimum absolute atomic E-state index is 0.102. The van der Waals surface area contributed by atoms with Gasteiger partial charge in [0.15, 0.2) is 0 Å². The van der Waals surface area contributed by atoms with E-state index in [4.69, 9.17) is 22.9 Å². The molecular weight excluding hydrogens is 284 g/mol. The minimum atomic E-state index is -0.445. The molecule has 23 heavy (non-hydrogen) atoms. The molecule has 2 aliphatic carbocycles. The molecule has 0 aromatic heterocycles. The van der Waals surface area contributed by atoms with E-state index in [0.717, 1.165) is 50.9 Å². The molecule has 0 aromatic rings. The Morgan fingerprint density at radius 1 is 0.957 bits per heavy atom. The van der Waals surface area contributed by atoms with Gasteiger partial charge in [0.25, 0.3) is 0 Å². The predicted octanol–water partition coefficient (Wildman–Crippen LogP) is 3.24. The zero-order valence-electron chi connectivity index (χ0n) is 16.1. The summed E-state index contributed by atoms with van der Waals surface area (Å²) in [7, 11) is 0. The Hall–Kier alpha value is -0.160. The van der Waals surface area contributed by atoms with Crippen LogP contribution in [0.4, 0.5) is 0 Å². The Labute approximate surface area is 144 Å². The van der Waals surface area contributed by atoms with Gasteiger partial charge in [0.2, 0.25) is 0 Å². The summed E-state index contributed by atoms with van der Waals surface area (Å²) in [5.74, 6) is 0.783. The van der Waals surface area contributed by atoms with Crippen molar-refractivity contribution in [3.8, 4) is 0 Å². The fourth-order valence-electron chi connectivity index (χ4n) is 4.36. The number of hydrogen-bond donors (Lipinski definition) is 4. The molecule has 2 aliphatic rings. The monoisotopic (exact) mass is 325 g/mol. The maximum atomic E-state index is 6.14. The molecule has 0 spiro atoms. The number of rotatable bonds is 2. The molecule has 2 fully saturated rings. The van der Waals surface area contributed by atoms with Crippen molar-refractivity contribution in [2.45, 2.75) is 97.3 Å². The lowest BCUT2D eigenvalue weighted by Crippen LogP contribution is -2.63. The Morgan fingerprint density at radius 2 is 1.52 bits per heavy atom. The van der Waals surface area contributed by atoms with Gasteiger partial charge in [-0.25, -0.2) is 0 Å². The molecule has 0 heterocycles. The molecule has 4 nitrogen and oxygen atoms in total. The lowest BCUT2D eigenvalue weighted by Gasteiger charge is -2.49. The molecule has 1 unspecified atom stereocenters. The first-order valence-electron chi connectivity index (χ1n) is 9.40. The van der Waals surface area contributed by atoms with Gasteiger partial charge in [0, 0.05) is 5.41 Å². The Kier molecular flexibility index (Phi) is 6.70. The third-order valence-electron chi connectivity index (χ3n) is 6.81.